The van der Waals surface area contributed by atoms with Crippen LogP contribution in [0.5, 0.6) is 0 Å². The van der Waals surface area contributed by atoms with E-state index in [1.54, 1.807) is 11.9 Å². The number of carbonyl (C=O) groups excluding carboxylic acids is 1. The highest BCUT2D eigenvalue weighted by Gasteiger charge is 2.31. The zero-order chi connectivity index (χ0) is 15.6. The number of nitrogens with zero attached hydrogens (tertiary/aromatic N) is 2. The Labute approximate surface area is 134 Å². The fourth-order valence-electron chi connectivity index (χ4n) is 2.55. The molecule has 1 heterocycles. The minimum absolute atomic E-state index is 0. The summed E-state index contributed by atoms with van der Waals surface area (Å²) >= 11 is 0. The van der Waals surface area contributed by atoms with Crippen molar-refractivity contribution in [2.24, 2.45) is 0 Å². The zero-order valence-corrected chi connectivity index (χ0v) is 13.4. The van der Waals surface area contributed by atoms with Gasteiger partial charge >= 0.3 is 6.18 Å². The van der Waals surface area contributed by atoms with Gasteiger partial charge in [0.2, 0.25) is 0 Å². The summed E-state index contributed by atoms with van der Waals surface area (Å²) in [5.74, 6) is -0.224. The Kier molecular flexibility index (Phi) is 6.26. The average molecular weight is 337 g/mol. The van der Waals surface area contributed by atoms with Gasteiger partial charge < -0.3 is 9.80 Å². The number of carbonyl (C=O) groups is 1. The lowest BCUT2D eigenvalue weighted by molar-refractivity contribution is -0.137. The molecule has 3 nitrogen and oxygen atoms in total. The number of halogens is 4. The molecule has 2 rings (SSSR count). The van der Waals surface area contributed by atoms with Crippen molar-refractivity contribution < 1.29 is 18.0 Å². The Morgan fingerprint density at radius 3 is 2.14 bits per heavy atom. The van der Waals surface area contributed by atoms with E-state index in [1.807, 2.05) is 7.05 Å². The van der Waals surface area contributed by atoms with E-state index in [0.29, 0.717) is 5.56 Å². The normalized spacial score (nSPS) is 17.0. The molecule has 0 unspecified atom stereocenters. The molecule has 7 heteroatoms. The average Bonchev–Trinajstić information content (AvgIpc) is 2.46. The van der Waals surface area contributed by atoms with Crippen LogP contribution in [0.15, 0.2) is 24.3 Å². The van der Waals surface area contributed by atoms with Gasteiger partial charge in [-0.15, -0.1) is 12.4 Å². The second-order valence-electron chi connectivity index (χ2n) is 5.53. The lowest BCUT2D eigenvalue weighted by Gasteiger charge is -2.35. The Bertz CT molecular complexity index is 497. The zero-order valence-electron chi connectivity index (χ0n) is 12.6. The molecule has 1 aliphatic rings. The van der Waals surface area contributed by atoms with E-state index in [4.69, 9.17) is 0 Å². The van der Waals surface area contributed by atoms with Crippen molar-refractivity contribution in [1.29, 1.82) is 0 Å². The number of benzene rings is 1. The Morgan fingerprint density at radius 2 is 1.68 bits per heavy atom. The predicted molar refractivity (Wildman–Crippen MR) is 81.3 cm³/mol. The Hall–Kier alpha value is -1.27. The van der Waals surface area contributed by atoms with Gasteiger partial charge in [0.05, 0.1) is 5.56 Å². The summed E-state index contributed by atoms with van der Waals surface area (Å²) in [7, 11) is 3.75. The predicted octanol–water partition coefficient (Wildman–Crippen LogP) is 3.29. The number of likely N-dealkylation sites (tertiary alicyclic amines) is 1. The van der Waals surface area contributed by atoms with Crippen LogP contribution in [0.2, 0.25) is 0 Å². The molecule has 0 N–H and O–H groups in total. The number of hydrogen-bond donors (Lipinski definition) is 0. The molecule has 0 spiro atoms. The first-order valence-corrected chi connectivity index (χ1v) is 6.92. The quantitative estimate of drug-likeness (QED) is 0.827. The summed E-state index contributed by atoms with van der Waals surface area (Å²) in [6.45, 7) is 1.85. The molecule has 1 aliphatic heterocycles. The van der Waals surface area contributed by atoms with Crippen LogP contribution in [0.25, 0.3) is 0 Å². The van der Waals surface area contributed by atoms with Crippen molar-refractivity contribution in [1.82, 2.24) is 9.80 Å². The standard InChI is InChI=1S/C15H19F3N2O.ClH/c1-19-9-7-13(8-10-19)20(2)14(21)11-3-5-12(6-4-11)15(16,17)18;/h3-6,13H,7-10H2,1-2H3;1H. The van der Waals surface area contributed by atoms with Crippen LogP contribution in [-0.2, 0) is 6.18 Å². The van der Waals surface area contributed by atoms with E-state index in [2.05, 4.69) is 4.90 Å². The minimum atomic E-state index is -4.37. The van der Waals surface area contributed by atoms with Crippen molar-refractivity contribution in [3.8, 4) is 0 Å². The van der Waals surface area contributed by atoms with Crippen LogP contribution in [0.1, 0.15) is 28.8 Å². The van der Waals surface area contributed by atoms with Gasteiger partial charge in [0, 0.05) is 18.7 Å². The van der Waals surface area contributed by atoms with E-state index in [9.17, 15) is 18.0 Å². The maximum atomic E-state index is 12.5. The van der Waals surface area contributed by atoms with Crippen LogP contribution in [0.4, 0.5) is 13.2 Å². The SMILES string of the molecule is CN1CCC(N(C)C(=O)c2ccc(C(F)(F)F)cc2)CC1.Cl. The highest BCUT2D eigenvalue weighted by Crippen LogP contribution is 2.29. The summed E-state index contributed by atoms with van der Waals surface area (Å²) in [6, 6.07) is 4.55. The maximum absolute atomic E-state index is 12.5. The molecule has 1 amide bonds. The molecule has 124 valence electrons. The second kappa shape index (κ2) is 7.33. The molecule has 1 saturated heterocycles. The first kappa shape index (κ1) is 18.8. The van der Waals surface area contributed by atoms with Crippen molar-refractivity contribution in [2.45, 2.75) is 25.1 Å². The van der Waals surface area contributed by atoms with Gasteiger partial charge in [-0.2, -0.15) is 13.2 Å². The van der Waals surface area contributed by atoms with Crippen LogP contribution >= 0.6 is 12.4 Å². The topological polar surface area (TPSA) is 23.6 Å². The molecule has 0 aromatic heterocycles. The fourth-order valence-corrected chi connectivity index (χ4v) is 2.55. The number of piperidine rings is 1. The first-order chi connectivity index (χ1) is 9.79. The van der Waals surface area contributed by atoms with E-state index < -0.39 is 11.7 Å². The van der Waals surface area contributed by atoms with Gasteiger partial charge in [-0.1, -0.05) is 0 Å². The number of hydrogen-bond acceptors (Lipinski definition) is 2. The molecular weight excluding hydrogens is 317 g/mol. The van der Waals surface area contributed by atoms with Gasteiger partial charge in [0.1, 0.15) is 0 Å². The molecule has 1 fully saturated rings. The molecule has 0 saturated carbocycles. The highest BCUT2D eigenvalue weighted by molar-refractivity contribution is 5.94. The third-order valence-corrected chi connectivity index (χ3v) is 4.02. The summed E-state index contributed by atoms with van der Waals surface area (Å²) in [4.78, 5) is 16.2. The molecule has 1 aromatic carbocycles. The lowest BCUT2D eigenvalue weighted by Crippen LogP contribution is -2.44. The monoisotopic (exact) mass is 336 g/mol. The number of rotatable bonds is 2. The molecule has 0 aliphatic carbocycles. The van der Waals surface area contributed by atoms with Gasteiger partial charge in [0.15, 0.2) is 0 Å². The van der Waals surface area contributed by atoms with E-state index in [0.717, 1.165) is 38.1 Å². The second-order valence-corrected chi connectivity index (χ2v) is 5.53. The molecule has 0 radical (unpaired) electrons. The van der Waals surface area contributed by atoms with Gasteiger partial charge in [-0.25, -0.2) is 0 Å². The van der Waals surface area contributed by atoms with Crippen molar-refractivity contribution >= 4 is 18.3 Å². The van der Waals surface area contributed by atoms with E-state index in [-0.39, 0.29) is 24.4 Å². The lowest BCUT2D eigenvalue weighted by atomic mass is 10.0. The smallest absolute Gasteiger partial charge is 0.339 e. The minimum Gasteiger partial charge on any atom is -0.339 e. The van der Waals surface area contributed by atoms with E-state index in [1.165, 1.54) is 12.1 Å². The number of amides is 1. The van der Waals surface area contributed by atoms with Crippen molar-refractivity contribution in [3.05, 3.63) is 35.4 Å². The van der Waals surface area contributed by atoms with Crippen molar-refractivity contribution in [3.63, 3.8) is 0 Å². The summed E-state index contributed by atoms with van der Waals surface area (Å²) in [5.41, 5.74) is -0.439. The molecular formula is C15H20ClF3N2O. The van der Waals surface area contributed by atoms with Gasteiger partial charge in [-0.05, 0) is 57.2 Å². The molecule has 0 bridgehead atoms. The van der Waals surface area contributed by atoms with Crippen molar-refractivity contribution in [2.75, 3.05) is 27.2 Å². The molecule has 0 atom stereocenters. The summed E-state index contributed by atoms with van der Waals surface area (Å²) < 4.78 is 37.5. The van der Waals surface area contributed by atoms with Gasteiger partial charge in [-0.3, -0.25) is 4.79 Å². The van der Waals surface area contributed by atoms with Crippen LogP contribution in [0, 0.1) is 0 Å². The Morgan fingerprint density at radius 1 is 1.18 bits per heavy atom. The number of alkyl halides is 3. The first-order valence-electron chi connectivity index (χ1n) is 6.92. The maximum Gasteiger partial charge on any atom is 0.416 e. The molecule has 22 heavy (non-hydrogen) atoms. The summed E-state index contributed by atoms with van der Waals surface area (Å²) in [6.07, 6.45) is -2.60. The van der Waals surface area contributed by atoms with Crippen LogP contribution in [-0.4, -0.2) is 48.9 Å². The fraction of sp³-hybridized carbons (Fsp3) is 0.533. The van der Waals surface area contributed by atoms with Gasteiger partial charge in [0.25, 0.3) is 5.91 Å². The molecule has 1 aromatic rings. The highest BCUT2D eigenvalue weighted by atomic mass is 35.5. The van der Waals surface area contributed by atoms with Crippen LogP contribution in [0.3, 0.4) is 0 Å². The third kappa shape index (κ3) is 4.36. The summed E-state index contributed by atoms with van der Waals surface area (Å²) in [5, 5.41) is 0. The Balaban J connectivity index is 0.00000242. The van der Waals surface area contributed by atoms with Crippen LogP contribution < -0.4 is 0 Å². The largest absolute Gasteiger partial charge is 0.416 e. The third-order valence-electron chi connectivity index (χ3n) is 4.02. The van der Waals surface area contributed by atoms with E-state index >= 15 is 0 Å².